The zero-order chi connectivity index (χ0) is 24.6. The molecule has 0 saturated carbocycles. The lowest BCUT2D eigenvalue weighted by Crippen LogP contribution is -2.30. The number of aromatic nitrogens is 3. The fourth-order valence-corrected chi connectivity index (χ4v) is 4.18. The van der Waals surface area contributed by atoms with Gasteiger partial charge < -0.3 is 15.2 Å². The quantitative estimate of drug-likeness (QED) is 0.249. The highest BCUT2D eigenvalue weighted by molar-refractivity contribution is 5.75. The number of rotatable bonds is 4. The molecule has 1 aliphatic heterocycles. The maximum absolute atomic E-state index is 14.5. The van der Waals surface area contributed by atoms with Crippen LogP contribution in [0.25, 0.3) is 22.4 Å². The number of fused-ring (bicyclic) bond motifs is 2. The van der Waals surface area contributed by atoms with E-state index in [9.17, 15) is 8.78 Å². The third kappa shape index (κ3) is 4.05. The number of pyridine rings is 3. The zero-order valence-corrected chi connectivity index (χ0v) is 19.0. The van der Waals surface area contributed by atoms with Gasteiger partial charge in [-0.3, -0.25) is 4.98 Å². The molecule has 5 rings (SSSR count). The molecule has 1 atom stereocenters. The molecular weight excluding hydrogens is 452 g/mol. The molecule has 3 aromatic heterocycles. The Balaban J connectivity index is 1.72. The normalized spacial score (nSPS) is 16.7. The Labute approximate surface area is 200 Å². The van der Waals surface area contributed by atoms with Crippen molar-refractivity contribution >= 4 is 6.02 Å². The third-order valence-corrected chi connectivity index (χ3v) is 5.83. The molecule has 2 N–H and O–H groups in total. The highest BCUT2D eigenvalue weighted by Gasteiger charge is 2.40. The molecule has 0 aliphatic carbocycles. The summed E-state index contributed by atoms with van der Waals surface area (Å²) in [6, 6.07) is 13.3. The maximum atomic E-state index is 14.5. The number of nitrogens with zero attached hydrogens (tertiary/aromatic N) is 4. The number of amidine groups is 1. The summed E-state index contributed by atoms with van der Waals surface area (Å²) in [6.45, 7) is 4.00. The Hall–Kier alpha value is -4.40. The summed E-state index contributed by atoms with van der Waals surface area (Å²) in [6.07, 6.45) is 4.33. The lowest BCUT2D eigenvalue weighted by atomic mass is 9.81. The number of benzene rings is 1. The number of nitrogens with two attached hydrogens (primary N) is 1. The highest BCUT2D eigenvalue weighted by atomic mass is 19.1. The minimum Gasteiger partial charge on any atom is -0.466 e. The van der Waals surface area contributed by atoms with E-state index in [1.165, 1.54) is 18.5 Å². The number of halogens is 2. The Morgan fingerprint density at radius 1 is 1.00 bits per heavy atom. The average Bonchev–Trinajstić information content (AvgIpc) is 2.84. The summed E-state index contributed by atoms with van der Waals surface area (Å²) < 4.78 is 39.8. The van der Waals surface area contributed by atoms with E-state index < -0.39 is 17.4 Å². The number of aliphatic imine (C=N–C) groups is 1. The van der Waals surface area contributed by atoms with E-state index in [1.54, 1.807) is 55.6 Å². The summed E-state index contributed by atoms with van der Waals surface area (Å²) in [7, 11) is 0. The summed E-state index contributed by atoms with van der Waals surface area (Å²) in [5.74, 6) is -0.222. The second-order valence-corrected chi connectivity index (χ2v) is 8.04. The van der Waals surface area contributed by atoms with Crippen molar-refractivity contribution in [2.24, 2.45) is 10.7 Å². The van der Waals surface area contributed by atoms with E-state index in [2.05, 4.69) is 15.0 Å². The van der Waals surface area contributed by atoms with Crippen molar-refractivity contribution in [3.63, 3.8) is 0 Å². The highest BCUT2D eigenvalue weighted by Crippen LogP contribution is 2.50. The minimum atomic E-state index is -1.08. The lowest BCUT2D eigenvalue weighted by molar-refractivity contribution is 0.312. The van der Waals surface area contributed by atoms with Crippen LogP contribution in [0.1, 0.15) is 25.0 Å². The molecule has 0 bridgehead atoms. The van der Waals surface area contributed by atoms with Crippen LogP contribution in [0.15, 0.2) is 72.1 Å². The second kappa shape index (κ2) is 8.75. The average molecular weight is 473 g/mol. The third-order valence-electron chi connectivity index (χ3n) is 5.83. The fourth-order valence-electron chi connectivity index (χ4n) is 4.18. The van der Waals surface area contributed by atoms with Crippen molar-refractivity contribution in [1.29, 1.82) is 0 Å². The molecule has 0 saturated heterocycles. The summed E-state index contributed by atoms with van der Waals surface area (Å²) in [5.41, 5.74) is 8.29. The number of hydrogen-bond acceptors (Lipinski definition) is 6. The molecule has 7 nitrogen and oxygen atoms in total. The van der Waals surface area contributed by atoms with Gasteiger partial charge in [0.15, 0.2) is 5.75 Å². The van der Waals surface area contributed by atoms with Gasteiger partial charge in [-0.1, -0.05) is 6.07 Å². The van der Waals surface area contributed by atoms with Crippen LogP contribution in [0.3, 0.4) is 0 Å². The maximum Gasteiger partial charge on any atom is 0.283 e. The molecule has 0 spiro atoms. The van der Waals surface area contributed by atoms with Crippen molar-refractivity contribution in [3.05, 3.63) is 90.1 Å². The van der Waals surface area contributed by atoms with Gasteiger partial charge in [0.05, 0.1) is 18.5 Å². The molecule has 0 amide bonds. The predicted molar refractivity (Wildman–Crippen MR) is 127 cm³/mol. The van der Waals surface area contributed by atoms with Gasteiger partial charge in [0.25, 0.3) is 6.02 Å². The molecule has 35 heavy (non-hydrogen) atoms. The minimum absolute atomic E-state index is 0.0138. The number of ether oxygens (including phenoxy) is 2. The van der Waals surface area contributed by atoms with Crippen LogP contribution < -0.4 is 10.5 Å². The molecular formula is C26H21F2N5O2. The molecule has 9 heteroatoms. The predicted octanol–water partition coefficient (Wildman–Crippen LogP) is 5.20. The molecule has 1 aliphatic rings. The van der Waals surface area contributed by atoms with Gasteiger partial charge in [-0.15, -0.1) is 0 Å². The van der Waals surface area contributed by atoms with Gasteiger partial charge >= 0.3 is 0 Å². The van der Waals surface area contributed by atoms with Crippen molar-refractivity contribution < 1.29 is 18.3 Å². The lowest BCUT2D eigenvalue weighted by Gasteiger charge is -2.35. The van der Waals surface area contributed by atoms with Crippen molar-refractivity contribution in [1.82, 2.24) is 15.0 Å². The van der Waals surface area contributed by atoms with E-state index in [0.29, 0.717) is 51.6 Å². The SMILES string of the molecule is CCO/C(N)=N\[C@@]1(C)c2cc(-c3cccnc3F)ccc2Oc2cnc(-c3ccnc(F)c3)cc21. The molecule has 0 fully saturated rings. The Morgan fingerprint density at radius 3 is 2.60 bits per heavy atom. The summed E-state index contributed by atoms with van der Waals surface area (Å²) in [4.78, 5) is 16.5. The van der Waals surface area contributed by atoms with E-state index in [4.69, 9.17) is 20.2 Å². The van der Waals surface area contributed by atoms with Gasteiger partial charge in [-0.05, 0) is 55.8 Å². The Morgan fingerprint density at radius 2 is 1.83 bits per heavy atom. The number of hydrogen-bond donors (Lipinski definition) is 1. The van der Waals surface area contributed by atoms with Crippen LogP contribution in [0.4, 0.5) is 8.78 Å². The van der Waals surface area contributed by atoms with E-state index >= 15 is 0 Å². The molecule has 1 aromatic carbocycles. The van der Waals surface area contributed by atoms with Gasteiger partial charge in [-0.25, -0.2) is 15.0 Å². The van der Waals surface area contributed by atoms with Crippen LogP contribution in [-0.4, -0.2) is 27.6 Å². The zero-order valence-electron chi connectivity index (χ0n) is 19.0. The summed E-state index contributed by atoms with van der Waals surface area (Å²) in [5, 5.41) is 0. The fraction of sp³-hybridized carbons (Fsp3) is 0.154. The molecule has 0 unspecified atom stereocenters. The van der Waals surface area contributed by atoms with E-state index in [1.807, 2.05) is 6.92 Å². The second-order valence-electron chi connectivity index (χ2n) is 8.04. The van der Waals surface area contributed by atoms with Crippen LogP contribution in [-0.2, 0) is 10.3 Å². The molecule has 4 heterocycles. The van der Waals surface area contributed by atoms with Crippen LogP contribution in [0.2, 0.25) is 0 Å². The molecule has 4 aromatic rings. The Bertz CT molecular complexity index is 1460. The van der Waals surface area contributed by atoms with Gasteiger partial charge in [0.2, 0.25) is 11.9 Å². The standard InChI is InChI=1S/C26H21F2N5O2/c1-3-34-25(29)33-26(2)18-11-15(17-5-4-9-31-24(17)28)6-7-21(18)35-22-14-32-20(13-19(22)26)16-8-10-30-23(27)12-16/h4-14H,3H2,1-2H3,(H2,29,33)/t26-/m0/s1. The smallest absolute Gasteiger partial charge is 0.283 e. The van der Waals surface area contributed by atoms with Crippen LogP contribution in [0.5, 0.6) is 11.5 Å². The first-order chi connectivity index (χ1) is 16.9. The first kappa shape index (κ1) is 22.4. The van der Waals surface area contributed by atoms with Gasteiger partial charge in [0, 0.05) is 40.7 Å². The first-order valence-electron chi connectivity index (χ1n) is 10.9. The molecule has 0 radical (unpaired) electrons. The monoisotopic (exact) mass is 473 g/mol. The van der Waals surface area contributed by atoms with Crippen LogP contribution in [0, 0.1) is 11.9 Å². The van der Waals surface area contributed by atoms with E-state index in [-0.39, 0.29) is 6.02 Å². The molecule has 176 valence electrons. The van der Waals surface area contributed by atoms with Crippen molar-refractivity contribution in [2.75, 3.05) is 6.61 Å². The van der Waals surface area contributed by atoms with Gasteiger partial charge in [0.1, 0.15) is 11.3 Å². The summed E-state index contributed by atoms with van der Waals surface area (Å²) >= 11 is 0. The van der Waals surface area contributed by atoms with E-state index in [0.717, 1.165) is 0 Å². The van der Waals surface area contributed by atoms with Crippen LogP contribution >= 0.6 is 0 Å². The first-order valence-corrected chi connectivity index (χ1v) is 10.9. The van der Waals surface area contributed by atoms with Crippen molar-refractivity contribution in [2.45, 2.75) is 19.4 Å². The topological polar surface area (TPSA) is 95.5 Å². The van der Waals surface area contributed by atoms with Gasteiger partial charge in [-0.2, -0.15) is 8.78 Å². The van der Waals surface area contributed by atoms with Crippen molar-refractivity contribution in [3.8, 4) is 33.9 Å². The largest absolute Gasteiger partial charge is 0.466 e. The Kier molecular flexibility index (Phi) is 5.60.